The molecule has 1 saturated carbocycles. The maximum Gasteiger partial charge on any atom is 0.0695 e. The van der Waals surface area contributed by atoms with Crippen LogP contribution in [0.5, 0.6) is 0 Å². The van der Waals surface area contributed by atoms with Crippen LogP contribution in [0, 0.1) is 5.92 Å². The van der Waals surface area contributed by atoms with Gasteiger partial charge in [-0.1, -0.05) is 13.8 Å². The van der Waals surface area contributed by atoms with Crippen LogP contribution >= 0.6 is 0 Å². The molecule has 1 rings (SSSR count). The van der Waals surface area contributed by atoms with E-state index in [1.165, 1.54) is 6.42 Å². The van der Waals surface area contributed by atoms with Gasteiger partial charge >= 0.3 is 0 Å². The van der Waals surface area contributed by atoms with Crippen molar-refractivity contribution in [2.45, 2.75) is 45.3 Å². The summed E-state index contributed by atoms with van der Waals surface area (Å²) in [5.74, 6) is 0.785. The molecule has 1 N–H and O–H groups in total. The average Bonchev–Trinajstić information content (AvgIpc) is 2.08. The second kappa shape index (κ2) is 4.24. The minimum Gasteiger partial charge on any atom is -0.391 e. The van der Waals surface area contributed by atoms with E-state index in [-0.39, 0.29) is 6.10 Å². The Labute approximate surface area is 75.6 Å². The van der Waals surface area contributed by atoms with E-state index in [2.05, 4.69) is 25.8 Å². The molecule has 0 saturated heterocycles. The Morgan fingerprint density at radius 3 is 2.67 bits per heavy atom. The van der Waals surface area contributed by atoms with Crippen molar-refractivity contribution in [3.8, 4) is 0 Å². The molecule has 2 nitrogen and oxygen atoms in total. The van der Waals surface area contributed by atoms with Crippen molar-refractivity contribution in [2.75, 3.05) is 13.6 Å². The molecule has 12 heavy (non-hydrogen) atoms. The first kappa shape index (κ1) is 10.0. The van der Waals surface area contributed by atoms with Gasteiger partial charge in [-0.05, 0) is 38.8 Å². The molecule has 0 spiro atoms. The predicted octanol–water partition coefficient (Wildman–Crippen LogP) is 1.49. The molecule has 0 aromatic rings. The van der Waals surface area contributed by atoms with Gasteiger partial charge in [0.05, 0.1) is 6.10 Å². The summed E-state index contributed by atoms with van der Waals surface area (Å²) >= 11 is 0. The summed E-state index contributed by atoms with van der Waals surface area (Å²) in [7, 11) is 2.10. The van der Waals surface area contributed by atoms with Crippen molar-refractivity contribution in [1.82, 2.24) is 4.90 Å². The minimum atomic E-state index is -0.0915. The van der Waals surface area contributed by atoms with Crippen LogP contribution in [0.3, 0.4) is 0 Å². The van der Waals surface area contributed by atoms with Crippen molar-refractivity contribution < 1.29 is 5.11 Å². The molecule has 0 aromatic heterocycles. The fourth-order valence-electron chi connectivity index (χ4n) is 2.04. The fourth-order valence-corrected chi connectivity index (χ4v) is 2.04. The molecule has 3 unspecified atom stereocenters. The Kier molecular flexibility index (Phi) is 3.53. The van der Waals surface area contributed by atoms with Crippen LogP contribution in [-0.4, -0.2) is 35.7 Å². The Balaban J connectivity index is 2.48. The number of likely N-dealkylation sites (N-methyl/N-ethyl adjacent to an activating group) is 1. The highest BCUT2D eigenvalue weighted by molar-refractivity contribution is 4.83. The average molecular weight is 171 g/mol. The van der Waals surface area contributed by atoms with Gasteiger partial charge in [0.15, 0.2) is 0 Å². The van der Waals surface area contributed by atoms with Gasteiger partial charge in [-0.2, -0.15) is 0 Å². The van der Waals surface area contributed by atoms with Crippen molar-refractivity contribution >= 4 is 0 Å². The molecule has 1 aliphatic rings. The quantitative estimate of drug-likeness (QED) is 0.680. The smallest absolute Gasteiger partial charge is 0.0695 e. The lowest BCUT2D eigenvalue weighted by Crippen LogP contribution is -2.44. The number of hydrogen-bond acceptors (Lipinski definition) is 2. The summed E-state index contributed by atoms with van der Waals surface area (Å²) in [5.41, 5.74) is 0. The monoisotopic (exact) mass is 171 g/mol. The zero-order valence-corrected chi connectivity index (χ0v) is 8.45. The van der Waals surface area contributed by atoms with Crippen LogP contribution in [0.4, 0.5) is 0 Å². The van der Waals surface area contributed by atoms with Crippen LogP contribution in [0.25, 0.3) is 0 Å². The standard InChI is InChI=1S/C10H21NO/c1-4-11(3)9-7-8(2)5-6-10(9)12/h8-10,12H,4-7H2,1-3H3. The lowest BCUT2D eigenvalue weighted by molar-refractivity contribution is 0.0193. The van der Waals surface area contributed by atoms with Gasteiger partial charge in [0, 0.05) is 6.04 Å². The van der Waals surface area contributed by atoms with Gasteiger partial charge in [-0.15, -0.1) is 0 Å². The van der Waals surface area contributed by atoms with E-state index in [4.69, 9.17) is 0 Å². The van der Waals surface area contributed by atoms with Crippen LogP contribution in [0.2, 0.25) is 0 Å². The van der Waals surface area contributed by atoms with E-state index in [0.717, 1.165) is 25.3 Å². The van der Waals surface area contributed by atoms with E-state index in [0.29, 0.717) is 6.04 Å². The predicted molar refractivity (Wildman–Crippen MR) is 51.1 cm³/mol. The Morgan fingerprint density at radius 2 is 2.08 bits per heavy atom. The van der Waals surface area contributed by atoms with Gasteiger partial charge in [0.25, 0.3) is 0 Å². The number of rotatable bonds is 2. The third-order valence-corrected chi connectivity index (χ3v) is 3.11. The summed E-state index contributed by atoms with van der Waals surface area (Å²) in [6.07, 6.45) is 3.24. The molecule has 1 fully saturated rings. The second-order valence-corrected chi connectivity index (χ2v) is 4.13. The molecule has 0 heterocycles. The number of hydrogen-bond donors (Lipinski definition) is 1. The molecule has 1 aliphatic carbocycles. The molecule has 72 valence electrons. The summed E-state index contributed by atoms with van der Waals surface area (Å²) in [6, 6.07) is 0.402. The maximum absolute atomic E-state index is 9.75. The van der Waals surface area contributed by atoms with Crippen LogP contribution in [0.15, 0.2) is 0 Å². The van der Waals surface area contributed by atoms with Gasteiger partial charge in [-0.25, -0.2) is 0 Å². The van der Waals surface area contributed by atoms with E-state index >= 15 is 0 Å². The lowest BCUT2D eigenvalue weighted by atomic mass is 9.84. The summed E-state index contributed by atoms with van der Waals surface area (Å²) in [6.45, 7) is 5.46. The molecular weight excluding hydrogens is 150 g/mol. The van der Waals surface area contributed by atoms with Crippen molar-refractivity contribution in [3.05, 3.63) is 0 Å². The molecule has 0 bridgehead atoms. The van der Waals surface area contributed by atoms with Crippen LogP contribution < -0.4 is 0 Å². The number of aliphatic hydroxyl groups is 1. The van der Waals surface area contributed by atoms with E-state index in [9.17, 15) is 5.11 Å². The molecule has 0 radical (unpaired) electrons. The molecule has 2 heteroatoms. The highest BCUT2D eigenvalue weighted by Gasteiger charge is 2.28. The third kappa shape index (κ3) is 2.20. The van der Waals surface area contributed by atoms with E-state index < -0.39 is 0 Å². The fraction of sp³-hybridized carbons (Fsp3) is 1.00. The third-order valence-electron chi connectivity index (χ3n) is 3.11. The molecule has 0 aromatic carbocycles. The van der Waals surface area contributed by atoms with Crippen LogP contribution in [0.1, 0.15) is 33.1 Å². The Hall–Kier alpha value is -0.0800. The summed E-state index contributed by atoms with van der Waals surface area (Å²) in [4.78, 5) is 2.26. The SMILES string of the molecule is CCN(C)C1CC(C)CCC1O. The summed E-state index contributed by atoms with van der Waals surface area (Å²) in [5, 5.41) is 9.75. The van der Waals surface area contributed by atoms with Gasteiger partial charge < -0.3 is 10.0 Å². The van der Waals surface area contributed by atoms with E-state index in [1.807, 2.05) is 0 Å². The first-order chi connectivity index (χ1) is 5.65. The van der Waals surface area contributed by atoms with E-state index in [1.54, 1.807) is 0 Å². The second-order valence-electron chi connectivity index (χ2n) is 4.13. The highest BCUT2D eigenvalue weighted by Crippen LogP contribution is 2.26. The van der Waals surface area contributed by atoms with Crippen molar-refractivity contribution in [2.24, 2.45) is 5.92 Å². The normalized spacial score (nSPS) is 37.2. The zero-order valence-electron chi connectivity index (χ0n) is 8.45. The lowest BCUT2D eigenvalue weighted by Gasteiger charge is -2.37. The molecular formula is C10H21NO. The summed E-state index contributed by atoms with van der Waals surface area (Å²) < 4.78 is 0. The topological polar surface area (TPSA) is 23.5 Å². The maximum atomic E-state index is 9.75. The largest absolute Gasteiger partial charge is 0.391 e. The van der Waals surface area contributed by atoms with Crippen molar-refractivity contribution in [3.63, 3.8) is 0 Å². The molecule has 3 atom stereocenters. The van der Waals surface area contributed by atoms with Gasteiger partial charge in [0.2, 0.25) is 0 Å². The van der Waals surface area contributed by atoms with Crippen LogP contribution in [-0.2, 0) is 0 Å². The van der Waals surface area contributed by atoms with Gasteiger partial charge in [-0.3, -0.25) is 0 Å². The minimum absolute atomic E-state index is 0.0915. The van der Waals surface area contributed by atoms with Crippen molar-refractivity contribution in [1.29, 1.82) is 0 Å². The first-order valence-corrected chi connectivity index (χ1v) is 5.03. The zero-order chi connectivity index (χ0) is 9.14. The number of nitrogens with zero attached hydrogens (tertiary/aromatic N) is 1. The highest BCUT2D eigenvalue weighted by atomic mass is 16.3. The Morgan fingerprint density at radius 1 is 1.42 bits per heavy atom. The first-order valence-electron chi connectivity index (χ1n) is 5.03. The van der Waals surface area contributed by atoms with Gasteiger partial charge in [0.1, 0.15) is 0 Å². The molecule has 0 aliphatic heterocycles. The Bertz CT molecular complexity index is 134. The molecule has 0 amide bonds. The number of aliphatic hydroxyl groups excluding tert-OH is 1.